The lowest BCUT2D eigenvalue weighted by Gasteiger charge is -2.23. The maximum Gasteiger partial charge on any atom is 0.311 e. The van der Waals surface area contributed by atoms with Crippen LogP contribution in [0.5, 0.6) is 0 Å². The number of hydrogen-bond acceptors (Lipinski definition) is 3. The third-order valence-corrected chi connectivity index (χ3v) is 4.23. The van der Waals surface area contributed by atoms with Gasteiger partial charge in [0, 0.05) is 19.6 Å². The second-order valence-corrected chi connectivity index (χ2v) is 5.71. The van der Waals surface area contributed by atoms with Gasteiger partial charge in [0.15, 0.2) is 0 Å². The summed E-state index contributed by atoms with van der Waals surface area (Å²) in [6, 6.07) is 0. The molecule has 0 spiro atoms. The van der Waals surface area contributed by atoms with E-state index in [1.165, 1.54) is 0 Å². The van der Waals surface area contributed by atoms with Gasteiger partial charge < -0.3 is 9.84 Å². The van der Waals surface area contributed by atoms with E-state index in [0.29, 0.717) is 19.1 Å². The normalized spacial score (nSPS) is 31.4. The van der Waals surface area contributed by atoms with E-state index in [-0.39, 0.29) is 18.5 Å². The second-order valence-electron chi connectivity index (χ2n) is 5.71. The van der Waals surface area contributed by atoms with Crippen LogP contribution in [0, 0.1) is 11.3 Å². The maximum atomic E-state index is 11.5. The van der Waals surface area contributed by atoms with Crippen LogP contribution in [-0.2, 0) is 9.53 Å². The molecule has 106 valence electrons. The zero-order valence-electron chi connectivity index (χ0n) is 11.2. The van der Waals surface area contributed by atoms with Crippen molar-refractivity contribution in [1.29, 1.82) is 0 Å². The van der Waals surface area contributed by atoms with Gasteiger partial charge >= 0.3 is 5.97 Å². The van der Waals surface area contributed by atoms with Crippen molar-refractivity contribution in [3.63, 3.8) is 0 Å². The first kappa shape index (κ1) is 15.7. The number of carboxylic acids is 1. The molecule has 2 fully saturated rings. The lowest BCUT2D eigenvalue weighted by molar-refractivity contribution is -0.149. The van der Waals surface area contributed by atoms with E-state index in [0.717, 1.165) is 32.4 Å². The summed E-state index contributed by atoms with van der Waals surface area (Å²) in [7, 11) is 0. The number of ether oxygens (including phenoxy) is 1. The van der Waals surface area contributed by atoms with Crippen LogP contribution in [0.4, 0.5) is 0 Å². The van der Waals surface area contributed by atoms with Gasteiger partial charge in [0.2, 0.25) is 0 Å². The molecule has 0 aromatic carbocycles. The average Bonchev–Trinajstić information content (AvgIpc) is 2.73. The predicted molar refractivity (Wildman–Crippen MR) is 72.2 cm³/mol. The Balaban J connectivity index is 0.00000162. The fourth-order valence-corrected chi connectivity index (χ4v) is 3.33. The summed E-state index contributed by atoms with van der Waals surface area (Å²) in [4.78, 5) is 13.7. The summed E-state index contributed by atoms with van der Waals surface area (Å²) in [5.74, 6) is -0.230. The van der Waals surface area contributed by atoms with Gasteiger partial charge in [-0.2, -0.15) is 0 Å². The first-order valence-corrected chi connectivity index (χ1v) is 6.62. The molecular formula is C13H24ClNO3. The van der Waals surface area contributed by atoms with Gasteiger partial charge in [-0.25, -0.2) is 0 Å². The average molecular weight is 278 g/mol. The topological polar surface area (TPSA) is 49.8 Å². The number of carboxylic acid groups (broad SMARTS) is 1. The predicted octanol–water partition coefficient (Wildman–Crippen LogP) is 2.02. The van der Waals surface area contributed by atoms with E-state index in [9.17, 15) is 9.90 Å². The Kier molecular flexibility index (Phi) is 5.44. The summed E-state index contributed by atoms with van der Waals surface area (Å²) in [5.41, 5.74) is -0.447. The lowest BCUT2D eigenvalue weighted by atomic mass is 9.81. The summed E-state index contributed by atoms with van der Waals surface area (Å²) >= 11 is 0. The van der Waals surface area contributed by atoms with Crippen LogP contribution in [0.2, 0.25) is 0 Å². The standard InChI is InChI=1S/C13H23NO3.ClH/c1-10(2)17-7-6-14-8-11-4-3-5-13(11,9-14)12(15)16;/h10-11H,3-9H2,1-2H3,(H,15,16);1H/t11-,13+;/m0./s1. The smallest absolute Gasteiger partial charge is 0.311 e. The number of carbonyl (C=O) groups is 1. The van der Waals surface area contributed by atoms with E-state index in [4.69, 9.17) is 4.74 Å². The van der Waals surface area contributed by atoms with Crippen molar-refractivity contribution in [2.75, 3.05) is 26.2 Å². The molecule has 0 unspecified atom stereocenters. The molecular weight excluding hydrogens is 254 g/mol. The number of likely N-dealkylation sites (tertiary alicyclic amines) is 1. The first-order valence-electron chi connectivity index (χ1n) is 6.62. The molecule has 0 amide bonds. The monoisotopic (exact) mass is 277 g/mol. The van der Waals surface area contributed by atoms with Crippen LogP contribution in [-0.4, -0.2) is 48.3 Å². The van der Waals surface area contributed by atoms with Crippen molar-refractivity contribution in [3.8, 4) is 0 Å². The maximum absolute atomic E-state index is 11.5. The Morgan fingerprint density at radius 3 is 2.83 bits per heavy atom. The summed E-state index contributed by atoms with van der Waals surface area (Å²) < 4.78 is 5.53. The molecule has 1 aliphatic heterocycles. The van der Waals surface area contributed by atoms with Gasteiger partial charge in [-0.15, -0.1) is 12.4 Å². The van der Waals surface area contributed by atoms with Crippen molar-refractivity contribution < 1.29 is 14.6 Å². The third-order valence-electron chi connectivity index (χ3n) is 4.23. The molecule has 18 heavy (non-hydrogen) atoms. The zero-order chi connectivity index (χ0) is 12.5. The van der Waals surface area contributed by atoms with Crippen LogP contribution in [0.3, 0.4) is 0 Å². The molecule has 1 saturated carbocycles. The minimum absolute atomic E-state index is 0. The van der Waals surface area contributed by atoms with Crippen LogP contribution in [0.1, 0.15) is 33.1 Å². The highest BCUT2D eigenvalue weighted by molar-refractivity contribution is 5.85. The summed E-state index contributed by atoms with van der Waals surface area (Å²) in [6.07, 6.45) is 3.26. The number of halogens is 1. The Morgan fingerprint density at radius 1 is 1.56 bits per heavy atom. The van der Waals surface area contributed by atoms with E-state index in [1.54, 1.807) is 0 Å². The fraction of sp³-hybridized carbons (Fsp3) is 0.923. The molecule has 1 N–H and O–H groups in total. The van der Waals surface area contributed by atoms with Gasteiger partial charge in [0.05, 0.1) is 18.1 Å². The highest BCUT2D eigenvalue weighted by Gasteiger charge is 2.54. The minimum atomic E-state index is -0.590. The van der Waals surface area contributed by atoms with Gasteiger partial charge in [0.1, 0.15) is 0 Å². The third kappa shape index (κ3) is 2.98. The molecule has 2 rings (SSSR count). The first-order chi connectivity index (χ1) is 8.04. The number of aliphatic carboxylic acids is 1. The van der Waals surface area contributed by atoms with Gasteiger partial charge in [-0.05, 0) is 32.6 Å². The zero-order valence-corrected chi connectivity index (χ0v) is 12.0. The quantitative estimate of drug-likeness (QED) is 0.835. The summed E-state index contributed by atoms with van der Waals surface area (Å²) in [5, 5.41) is 9.45. The Labute approximate surface area is 115 Å². The molecule has 1 heterocycles. The molecule has 2 aliphatic rings. The van der Waals surface area contributed by atoms with Gasteiger partial charge in [-0.3, -0.25) is 9.69 Å². The van der Waals surface area contributed by atoms with Crippen molar-refractivity contribution in [2.24, 2.45) is 11.3 Å². The van der Waals surface area contributed by atoms with E-state index in [2.05, 4.69) is 4.90 Å². The minimum Gasteiger partial charge on any atom is -0.481 e. The van der Waals surface area contributed by atoms with Gasteiger partial charge in [0.25, 0.3) is 0 Å². The van der Waals surface area contributed by atoms with Crippen molar-refractivity contribution in [2.45, 2.75) is 39.2 Å². The van der Waals surface area contributed by atoms with Crippen LogP contribution in [0.25, 0.3) is 0 Å². The summed E-state index contributed by atoms with van der Waals surface area (Å²) in [6.45, 7) is 7.28. The largest absolute Gasteiger partial charge is 0.481 e. The lowest BCUT2D eigenvalue weighted by Crippen LogP contribution is -2.36. The Morgan fingerprint density at radius 2 is 2.28 bits per heavy atom. The van der Waals surface area contributed by atoms with Crippen molar-refractivity contribution >= 4 is 18.4 Å². The van der Waals surface area contributed by atoms with Crippen LogP contribution in [0.15, 0.2) is 0 Å². The number of nitrogens with zero attached hydrogens (tertiary/aromatic N) is 1. The van der Waals surface area contributed by atoms with Crippen LogP contribution >= 0.6 is 12.4 Å². The molecule has 5 heteroatoms. The highest BCUT2D eigenvalue weighted by atomic mass is 35.5. The van der Waals surface area contributed by atoms with E-state index < -0.39 is 11.4 Å². The van der Waals surface area contributed by atoms with E-state index >= 15 is 0 Å². The molecule has 4 nitrogen and oxygen atoms in total. The highest BCUT2D eigenvalue weighted by Crippen LogP contribution is 2.48. The second kappa shape index (κ2) is 6.22. The molecule has 0 radical (unpaired) electrons. The molecule has 0 bridgehead atoms. The van der Waals surface area contributed by atoms with E-state index in [1.807, 2.05) is 13.8 Å². The number of hydrogen-bond donors (Lipinski definition) is 1. The SMILES string of the molecule is CC(C)OCCN1C[C@@H]2CCC[C@@]2(C(=O)O)C1.Cl. The fourth-order valence-electron chi connectivity index (χ4n) is 3.33. The number of fused-ring (bicyclic) bond motifs is 1. The van der Waals surface area contributed by atoms with Crippen molar-refractivity contribution in [1.82, 2.24) is 4.90 Å². The molecule has 1 aliphatic carbocycles. The van der Waals surface area contributed by atoms with Gasteiger partial charge in [-0.1, -0.05) is 6.42 Å². The number of rotatable bonds is 5. The molecule has 2 atom stereocenters. The molecule has 0 aromatic rings. The van der Waals surface area contributed by atoms with Crippen molar-refractivity contribution in [3.05, 3.63) is 0 Å². The molecule has 1 saturated heterocycles. The van der Waals surface area contributed by atoms with Crippen LogP contribution < -0.4 is 0 Å². The molecule has 0 aromatic heterocycles. The Bertz CT molecular complexity index is 298. The Hall–Kier alpha value is -0.320.